The van der Waals surface area contributed by atoms with Crippen molar-refractivity contribution in [1.29, 1.82) is 0 Å². The minimum Gasteiger partial charge on any atom is -0.483 e. The molecule has 1 aromatic carbocycles. The Labute approximate surface area is 254 Å². The first-order valence-corrected chi connectivity index (χ1v) is 14.0. The van der Waals surface area contributed by atoms with Crippen molar-refractivity contribution in [3.05, 3.63) is 59.8 Å². The molecule has 5 N–H and O–H groups in total. The Bertz CT molecular complexity index is 1670. The fourth-order valence-corrected chi connectivity index (χ4v) is 5.35. The molecule has 4 aromatic rings. The average molecular weight is 629 g/mol. The number of carboxylic acid groups (broad SMARTS) is 1. The van der Waals surface area contributed by atoms with Crippen LogP contribution < -0.4 is 16.0 Å². The lowest BCUT2D eigenvalue weighted by Crippen LogP contribution is -2.54. The summed E-state index contributed by atoms with van der Waals surface area (Å²) in [5.41, 5.74) is 1.37. The summed E-state index contributed by atoms with van der Waals surface area (Å²) in [6.45, 7) is 5.05. The maximum Gasteiger partial charge on any atom is 0.433 e. The third kappa shape index (κ3) is 6.82. The van der Waals surface area contributed by atoms with Gasteiger partial charge in [0.2, 0.25) is 0 Å². The van der Waals surface area contributed by atoms with Gasteiger partial charge < -0.3 is 30.9 Å². The molecule has 2 aliphatic heterocycles. The molecule has 3 aromatic heterocycles. The van der Waals surface area contributed by atoms with Crippen molar-refractivity contribution in [2.24, 2.45) is 0 Å². The van der Waals surface area contributed by atoms with E-state index in [9.17, 15) is 22.8 Å². The van der Waals surface area contributed by atoms with Gasteiger partial charge in [-0.3, -0.25) is 19.1 Å². The van der Waals surface area contributed by atoms with E-state index in [1.54, 1.807) is 28.0 Å². The van der Waals surface area contributed by atoms with Gasteiger partial charge in [0.05, 0.1) is 23.7 Å². The van der Waals surface area contributed by atoms with Crippen molar-refractivity contribution < 1.29 is 32.7 Å². The predicted octanol–water partition coefficient (Wildman–Crippen LogP) is 2.72. The summed E-state index contributed by atoms with van der Waals surface area (Å²) in [5, 5.41) is 21.9. The molecule has 1 atom stereocenters. The normalized spacial score (nSPS) is 16.7. The first-order valence-electron chi connectivity index (χ1n) is 14.0. The number of amides is 3. The van der Waals surface area contributed by atoms with Crippen LogP contribution in [0.3, 0.4) is 0 Å². The van der Waals surface area contributed by atoms with Gasteiger partial charge in [-0.25, -0.2) is 14.8 Å². The van der Waals surface area contributed by atoms with Crippen LogP contribution >= 0.6 is 0 Å². The van der Waals surface area contributed by atoms with Crippen LogP contribution in [0.1, 0.15) is 28.0 Å². The molecule has 0 bridgehead atoms. The van der Waals surface area contributed by atoms with E-state index in [4.69, 9.17) is 9.90 Å². The van der Waals surface area contributed by atoms with Crippen LogP contribution in [0.5, 0.6) is 0 Å². The zero-order chi connectivity index (χ0) is 32.1. The number of aromatic nitrogens is 5. The van der Waals surface area contributed by atoms with E-state index >= 15 is 0 Å². The van der Waals surface area contributed by atoms with Gasteiger partial charge >= 0.3 is 12.2 Å². The number of carbonyl (C=O) groups excluding carboxylic acids is 2. The number of imidazole rings is 1. The fraction of sp³-hybridized carbons (Fsp3) is 0.357. The van der Waals surface area contributed by atoms with E-state index in [-0.39, 0.29) is 35.7 Å². The number of halogens is 3. The number of rotatable bonds is 5. The minimum atomic E-state index is -4.60. The van der Waals surface area contributed by atoms with Gasteiger partial charge in [0.15, 0.2) is 11.5 Å². The second-order valence-electron chi connectivity index (χ2n) is 10.4. The molecule has 6 rings (SSSR count). The molecule has 2 fully saturated rings. The van der Waals surface area contributed by atoms with Crippen LogP contribution in [0, 0.1) is 6.92 Å². The van der Waals surface area contributed by atoms with E-state index in [0.29, 0.717) is 48.9 Å². The summed E-state index contributed by atoms with van der Waals surface area (Å²) < 4.78 is 41.8. The number of H-pyrrole nitrogens is 1. The molecule has 14 nitrogen and oxygen atoms in total. The summed E-state index contributed by atoms with van der Waals surface area (Å²) in [6.07, 6.45) is 1.75. The lowest BCUT2D eigenvalue weighted by Gasteiger charge is -2.35. The van der Waals surface area contributed by atoms with Crippen LogP contribution in [0.15, 0.2) is 43.0 Å². The number of nitrogens with zero attached hydrogens (tertiary/aromatic N) is 6. The average Bonchev–Trinajstić information content (AvgIpc) is 3.79. The van der Waals surface area contributed by atoms with Crippen molar-refractivity contribution in [1.82, 2.24) is 45.0 Å². The molecular weight excluding hydrogens is 597 g/mol. The number of fused-ring (bicyclic) bond motifs is 1. The second kappa shape index (κ2) is 13.2. The van der Waals surface area contributed by atoms with E-state index in [1.807, 2.05) is 12.0 Å². The number of piperazine rings is 1. The lowest BCUT2D eigenvalue weighted by atomic mass is 10.1. The highest BCUT2D eigenvalue weighted by molar-refractivity contribution is 5.96. The third-order valence-electron chi connectivity index (χ3n) is 7.59. The number of benzene rings is 1. The zero-order valence-electron chi connectivity index (χ0n) is 24.1. The Morgan fingerprint density at radius 1 is 1.11 bits per heavy atom. The molecule has 0 aliphatic carbocycles. The second-order valence-corrected chi connectivity index (χ2v) is 10.4. The molecule has 238 valence electrons. The molecule has 5 heterocycles. The number of anilines is 2. The standard InChI is InChI=1S/C27H29F3N10O2.CH2O2/c1-16-12-17(2-3-19(16)25(41)38-8-10-39(11-9-38)26(42)36-18-4-5-31-13-18)35-23-24-33-15-21(40(24)7-6-32-23)20-14-34-37-22(20)27(28,29)30;2-1-3/h2-3,6-7,12,14-15,18,31H,4-5,8-11,13H2,1H3,(H,32,35)(H,34,37)(H,36,42);1H,(H,2,3)/t18-;/m1./s1. The smallest absolute Gasteiger partial charge is 0.433 e. The molecule has 45 heavy (non-hydrogen) atoms. The Hall–Kier alpha value is -5.19. The highest BCUT2D eigenvalue weighted by Crippen LogP contribution is 2.36. The number of alkyl halides is 3. The number of hydrogen-bond donors (Lipinski definition) is 5. The van der Waals surface area contributed by atoms with Gasteiger partial charge in [-0.05, 0) is 43.7 Å². The lowest BCUT2D eigenvalue weighted by molar-refractivity contribution is -0.140. The largest absolute Gasteiger partial charge is 0.483 e. The molecule has 0 spiro atoms. The van der Waals surface area contributed by atoms with E-state index < -0.39 is 11.9 Å². The number of aryl methyl sites for hydroxylation is 1. The number of urea groups is 1. The first-order chi connectivity index (χ1) is 21.6. The van der Waals surface area contributed by atoms with Crippen LogP contribution in [0.25, 0.3) is 16.9 Å². The molecule has 2 aliphatic rings. The van der Waals surface area contributed by atoms with Gasteiger partial charge in [-0.1, -0.05) is 0 Å². The number of carbonyl (C=O) groups is 3. The summed E-state index contributed by atoms with van der Waals surface area (Å²) in [7, 11) is 0. The fourth-order valence-electron chi connectivity index (χ4n) is 5.35. The molecule has 0 saturated carbocycles. The van der Waals surface area contributed by atoms with Gasteiger partial charge in [0.25, 0.3) is 12.4 Å². The van der Waals surface area contributed by atoms with Crippen LogP contribution in [-0.2, 0) is 11.0 Å². The molecule has 0 radical (unpaired) electrons. The number of nitrogens with one attached hydrogen (secondary N) is 4. The Morgan fingerprint density at radius 2 is 1.84 bits per heavy atom. The quantitative estimate of drug-likeness (QED) is 0.208. The van der Waals surface area contributed by atoms with Crippen molar-refractivity contribution in [2.75, 3.05) is 44.6 Å². The van der Waals surface area contributed by atoms with Gasteiger partial charge in [0.1, 0.15) is 5.69 Å². The Kier molecular flexibility index (Phi) is 9.17. The SMILES string of the molecule is Cc1cc(Nc2nccn3c(-c4cn[nH]c4C(F)(F)F)cnc23)ccc1C(=O)N1CCN(C(=O)N[C@@H]2CCNC2)CC1.O=CO. The molecule has 17 heteroatoms. The zero-order valence-corrected chi connectivity index (χ0v) is 24.1. The summed E-state index contributed by atoms with van der Waals surface area (Å²) in [4.78, 5) is 46.3. The molecular formula is C28H31F3N10O4. The van der Waals surface area contributed by atoms with Crippen molar-refractivity contribution in [2.45, 2.75) is 25.6 Å². The Morgan fingerprint density at radius 3 is 2.51 bits per heavy atom. The molecule has 2 saturated heterocycles. The third-order valence-corrected chi connectivity index (χ3v) is 7.59. The maximum absolute atomic E-state index is 13.4. The van der Waals surface area contributed by atoms with Gasteiger partial charge in [-0.2, -0.15) is 18.3 Å². The number of hydrogen-bond acceptors (Lipinski definition) is 8. The monoisotopic (exact) mass is 628 g/mol. The minimum absolute atomic E-state index is 0.0961. The molecule has 3 amide bonds. The Balaban J connectivity index is 0.00000128. The summed E-state index contributed by atoms with van der Waals surface area (Å²) >= 11 is 0. The topological polar surface area (TPSA) is 173 Å². The number of aromatic amines is 1. The van der Waals surface area contributed by atoms with Crippen LogP contribution in [-0.4, -0.2) is 103 Å². The highest BCUT2D eigenvalue weighted by Gasteiger charge is 2.36. The first kappa shape index (κ1) is 31.2. The predicted molar refractivity (Wildman–Crippen MR) is 156 cm³/mol. The molecule has 0 unspecified atom stereocenters. The van der Waals surface area contributed by atoms with Crippen molar-refractivity contribution >= 4 is 35.6 Å². The van der Waals surface area contributed by atoms with E-state index in [1.165, 1.54) is 23.0 Å². The summed E-state index contributed by atoms with van der Waals surface area (Å²) in [6, 6.07) is 5.32. The van der Waals surface area contributed by atoms with Crippen molar-refractivity contribution in [3.63, 3.8) is 0 Å². The van der Waals surface area contributed by atoms with Crippen LogP contribution in [0.4, 0.5) is 29.5 Å². The van der Waals surface area contributed by atoms with E-state index in [0.717, 1.165) is 31.3 Å². The van der Waals surface area contributed by atoms with Gasteiger partial charge in [0, 0.05) is 62.4 Å². The van der Waals surface area contributed by atoms with Crippen molar-refractivity contribution in [3.8, 4) is 11.3 Å². The van der Waals surface area contributed by atoms with Gasteiger partial charge in [-0.15, -0.1) is 0 Å². The maximum atomic E-state index is 13.4. The van der Waals surface area contributed by atoms with Crippen LogP contribution in [0.2, 0.25) is 0 Å². The summed E-state index contributed by atoms with van der Waals surface area (Å²) in [5.74, 6) is 0.222. The highest BCUT2D eigenvalue weighted by atomic mass is 19.4. The van der Waals surface area contributed by atoms with E-state index in [2.05, 4.69) is 31.0 Å².